The highest BCUT2D eigenvalue weighted by Crippen LogP contribution is 2.08. The van der Waals surface area contributed by atoms with Gasteiger partial charge in [-0.05, 0) is 38.0 Å². The fourth-order valence-corrected chi connectivity index (χ4v) is 1.32. The molecule has 16 heavy (non-hydrogen) atoms. The number of aryl methyl sites for hydroxylation is 2. The van der Waals surface area contributed by atoms with E-state index >= 15 is 0 Å². The maximum Gasteiger partial charge on any atom is 0.130 e. The van der Waals surface area contributed by atoms with Gasteiger partial charge in [0, 0.05) is 17.8 Å². The van der Waals surface area contributed by atoms with Gasteiger partial charge in [0.2, 0.25) is 0 Å². The van der Waals surface area contributed by atoms with Gasteiger partial charge in [-0.2, -0.15) is 0 Å². The highest BCUT2D eigenvalue weighted by Gasteiger charge is 2.00. The monoisotopic (exact) mass is 219 g/mol. The van der Waals surface area contributed by atoms with Crippen LogP contribution in [-0.4, -0.2) is 10.8 Å². The van der Waals surface area contributed by atoms with Crippen LogP contribution in [0.4, 0.5) is 0 Å². The van der Waals surface area contributed by atoms with E-state index in [0.717, 1.165) is 23.4 Å². The first-order chi connectivity index (χ1) is 7.61. The summed E-state index contributed by atoms with van der Waals surface area (Å²) in [5, 5.41) is 0. The second-order valence-electron chi connectivity index (χ2n) is 3.44. The molecule has 0 N–H and O–H groups in total. The quantitative estimate of drug-likeness (QED) is 0.774. The molecule has 0 bridgehead atoms. The van der Waals surface area contributed by atoms with Gasteiger partial charge in [-0.3, -0.25) is 4.98 Å². The Bertz CT molecular complexity index is 356. The van der Waals surface area contributed by atoms with Crippen molar-refractivity contribution in [2.45, 2.75) is 40.5 Å². The maximum atomic E-state index is 10.8. The molecule has 0 unspecified atom stereocenters. The third-order valence-electron chi connectivity index (χ3n) is 2.00. The highest BCUT2D eigenvalue weighted by molar-refractivity contribution is 5.75. The topological polar surface area (TPSA) is 30.0 Å². The summed E-state index contributed by atoms with van der Waals surface area (Å²) >= 11 is 0. The Morgan fingerprint density at radius 1 is 1.44 bits per heavy atom. The molecule has 0 aliphatic rings. The summed E-state index contributed by atoms with van der Waals surface area (Å²) in [7, 11) is 0. The molecule has 1 rings (SSSR count). The Hall–Kier alpha value is -1.44. The van der Waals surface area contributed by atoms with E-state index in [4.69, 9.17) is 0 Å². The minimum atomic E-state index is 0.202. The molecule has 0 amide bonds. The zero-order chi connectivity index (χ0) is 12.6. The van der Waals surface area contributed by atoms with Gasteiger partial charge >= 0.3 is 0 Å². The second-order valence-corrected chi connectivity index (χ2v) is 3.44. The SMILES string of the molecule is C=Cc1cc(C)nc(CCC(C)=O)c1.CC. The van der Waals surface area contributed by atoms with Gasteiger partial charge in [-0.1, -0.05) is 26.5 Å². The lowest BCUT2D eigenvalue weighted by Gasteiger charge is -2.02. The predicted molar refractivity (Wildman–Crippen MR) is 69.4 cm³/mol. The first kappa shape index (κ1) is 14.6. The van der Waals surface area contributed by atoms with Crippen LogP contribution in [0.2, 0.25) is 0 Å². The predicted octanol–water partition coefficient (Wildman–Crippen LogP) is 3.58. The van der Waals surface area contributed by atoms with Crippen molar-refractivity contribution in [2.24, 2.45) is 0 Å². The van der Waals surface area contributed by atoms with Crippen molar-refractivity contribution < 1.29 is 4.79 Å². The number of Topliss-reactive ketones (excluding diaryl/α,β-unsaturated/α-hetero) is 1. The van der Waals surface area contributed by atoms with Crippen molar-refractivity contribution >= 4 is 11.9 Å². The molecule has 1 heterocycles. The average molecular weight is 219 g/mol. The van der Waals surface area contributed by atoms with Crippen LogP contribution in [0, 0.1) is 6.92 Å². The zero-order valence-corrected chi connectivity index (χ0v) is 10.7. The molecule has 2 heteroatoms. The molecule has 0 radical (unpaired) electrons. The fraction of sp³-hybridized carbons (Fsp3) is 0.429. The zero-order valence-electron chi connectivity index (χ0n) is 10.7. The average Bonchev–Trinajstić information content (AvgIpc) is 2.28. The molecule has 0 spiro atoms. The minimum Gasteiger partial charge on any atom is -0.300 e. The van der Waals surface area contributed by atoms with Crippen LogP contribution in [0.15, 0.2) is 18.7 Å². The minimum absolute atomic E-state index is 0.202. The molecule has 0 atom stereocenters. The summed E-state index contributed by atoms with van der Waals surface area (Å²) in [6.07, 6.45) is 3.08. The van der Waals surface area contributed by atoms with Gasteiger partial charge in [0.15, 0.2) is 0 Å². The molecule has 0 saturated heterocycles. The largest absolute Gasteiger partial charge is 0.300 e. The van der Waals surface area contributed by atoms with E-state index in [1.807, 2.05) is 32.9 Å². The van der Waals surface area contributed by atoms with Gasteiger partial charge in [-0.15, -0.1) is 0 Å². The molecule has 0 aliphatic carbocycles. The molecule has 0 aliphatic heterocycles. The number of nitrogens with zero attached hydrogens (tertiary/aromatic N) is 1. The van der Waals surface area contributed by atoms with Crippen LogP contribution >= 0.6 is 0 Å². The summed E-state index contributed by atoms with van der Waals surface area (Å²) in [5.41, 5.74) is 3.01. The van der Waals surface area contributed by atoms with E-state index in [2.05, 4.69) is 11.6 Å². The Labute approximate surface area is 98.4 Å². The van der Waals surface area contributed by atoms with E-state index < -0.39 is 0 Å². The standard InChI is InChI=1S/C12H15NO.C2H6/c1-4-11-7-9(2)13-12(8-11)6-5-10(3)14;1-2/h4,7-8H,1,5-6H2,2-3H3;1-2H3. The molecule has 88 valence electrons. The van der Waals surface area contributed by atoms with Crippen molar-refractivity contribution in [2.75, 3.05) is 0 Å². The Kier molecular flexibility index (Phi) is 7.10. The molecule has 1 aromatic rings. The summed E-state index contributed by atoms with van der Waals surface area (Å²) in [4.78, 5) is 15.2. The number of aromatic nitrogens is 1. The Balaban J connectivity index is 0.00000106. The summed E-state index contributed by atoms with van der Waals surface area (Å²) < 4.78 is 0. The highest BCUT2D eigenvalue weighted by atomic mass is 16.1. The smallest absolute Gasteiger partial charge is 0.130 e. The fourth-order valence-electron chi connectivity index (χ4n) is 1.32. The molecule has 0 saturated carbocycles. The number of rotatable bonds is 4. The lowest BCUT2D eigenvalue weighted by atomic mass is 10.1. The molecule has 1 aromatic heterocycles. The van der Waals surface area contributed by atoms with Crippen molar-refractivity contribution in [1.82, 2.24) is 4.98 Å². The maximum absolute atomic E-state index is 10.8. The number of ketones is 1. The van der Waals surface area contributed by atoms with Crippen LogP contribution < -0.4 is 0 Å². The van der Waals surface area contributed by atoms with Crippen molar-refractivity contribution in [3.63, 3.8) is 0 Å². The van der Waals surface area contributed by atoms with Crippen LogP contribution in [0.3, 0.4) is 0 Å². The molecule has 0 fully saturated rings. The molecule has 0 aromatic carbocycles. The first-order valence-electron chi connectivity index (χ1n) is 5.71. The Morgan fingerprint density at radius 3 is 2.56 bits per heavy atom. The third-order valence-corrected chi connectivity index (χ3v) is 2.00. The molecular weight excluding hydrogens is 198 g/mol. The number of pyridine rings is 1. The van der Waals surface area contributed by atoms with Crippen LogP contribution in [0.5, 0.6) is 0 Å². The van der Waals surface area contributed by atoms with Gasteiger partial charge in [-0.25, -0.2) is 0 Å². The van der Waals surface area contributed by atoms with Crippen LogP contribution in [0.25, 0.3) is 6.08 Å². The number of hydrogen-bond acceptors (Lipinski definition) is 2. The van der Waals surface area contributed by atoms with E-state index in [1.54, 1.807) is 13.0 Å². The van der Waals surface area contributed by atoms with Crippen LogP contribution in [-0.2, 0) is 11.2 Å². The lowest BCUT2D eigenvalue weighted by Crippen LogP contribution is -1.98. The number of carbonyl (C=O) groups is 1. The van der Waals surface area contributed by atoms with E-state index in [0.29, 0.717) is 6.42 Å². The van der Waals surface area contributed by atoms with Crippen molar-refractivity contribution in [3.8, 4) is 0 Å². The summed E-state index contributed by atoms with van der Waals surface area (Å²) in [6.45, 7) is 11.3. The van der Waals surface area contributed by atoms with E-state index in [9.17, 15) is 4.79 Å². The molecule has 2 nitrogen and oxygen atoms in total. The van der Waals surface area contributed by atoms with Gasteiger partial charge in [0.25, 0.3) is 0 Å². The summed E-state index contributed by atoms with van der Waals surface area (Å²) in [5.74, 6) is 0.202. The van der Waals surface area contributed by atoms with Gasteiger partial charge < -0.3 is 4.79 Å². The van der Waals surface area contributed by atoms with Gasteiger partial charge in [0.05, 0.1) is 0 Å². The normalized spacial score (nSPS) is 9.00. The van der Waals surface area contributed by atoms with E-state index in [1.165, 1.54) is 0 Å². The van der Waals surface area contributed by atoms with Crippen molar-refractivity contribution in [1.29, 1.82) is 0 Å². The lowest BCUT2D eigenvalue weighted by molar-refractivity contribution is -0.116. The summed E-state index contributed by atoms with van der Waals surface area (Å²) in [6, 6.07) is 3.95. The first-order valence-corrected chi connectivity index (χ1v) is 5.71. The number of carbonyl (C=O) groups excluding carboxylic acids is 1. The van der Waals surface area contributed by atoms with Crippen LogP contribution in [0.1, 0.15) is 44.1 Å². The molecular formula is C14H21NO. The Morgan fingerprint density at radius 2 is 2.06 bits per heavy atom. The van der Waals surface area contributed by atoms with Gasteiger partial charge in [0.1, 0.15) is 5.78 Å². The number of hydrogen-bond donors (Lipinski definition) is 0. The second kappa shape index (κ2) is 7.80. The van der Waals surface area contributed by atoms with Crippen molar-refractivity contribution in [3.05, 3.63) is 35.7 Å². The van der Waals surface area contributed by atoms with E-state index in [-0.39, 0.29) is 5.78 Å². The third kappa shape index (κ3) is 5.44.